The Morgan fingerprint density at radius 2 is 0.636 bits per heavy atom. The van der Waals surface area contributed by atoms with Gasteiger partial charge in [-0.3, -0.25) is 0 Å². The van der Waals surface area contributed by atoms with Gasteiger partial charge in [0.05, 0.1) is 5.56 Å². The summed E-state index contributed by atoms with van der Waals surface area (Å²) < 4.78 is 6.48. The van der Waals surface area contributed by atoms with E-state index < -0.39 is 0 Å². The van der Waals surface area contributed by atoms with Crippen molar-refractivity contribution in [1.82, 2.24) is 15.0 Å². The molecule has 0 saturated heterocycles. The van der Waals surface area contributed by atoms with E-state index in [-0.39, 0.29) is 0 Å². The van der Waals surface area contributed by atoms with E-state index in [4.69, 9.17) is 19.4 Å². The standard InChI is InChI=1S/C51H33N3O/c1-3-14-34(15-4-1)36-18-9-20-38(30-36)40-22-11-24-42(32-40)49-52-50(54-51(53-49)46-28-13-27-45-44-26-7-8-29-47(44)55-48(45)46)43-25-12-23-41(33-43)39-21-10-19-37(31-39)35-16-5-2-6-17-35/h1-33H. The van der Waals surface area contributed by atoms with Crippen molar-refractivity contribution >= 4 is 21.9 Å². The largest absolute Gasteiger partial charge is 0.455 e. The van der Waals surface area contributed by atoms with Crippen molar-refractivity contribution in [2.24, 2.45) is 0 Å². The Morgan fingerprint density at radius 3 is 1.16 bits per heavy atom. The molecule has 0 aliphatic carbocycles. The van der Waals surface area contributed by atoms with Crippen LogP contribution in [0.4, 0.5) is 0 Å². The van der Waals surface area contributed by atoms with Gasteiger partial charge < -0.3 is 4.42 Å². The number of aromatic nitrogens is 3. The molecule has 10 aromatic rings. The monoisotopic (exact) mass is 703 g/mol. The van der Waals surface area contributed by atoms with Gasteiger partial charge in [0.25, 0.3) is 0 Å². The molecule has 0 aliphatic heterocycles. The summed E-state index contributed by atoms with van der Waals surface area (Å²) in [7, 11) is 0. The third kappa shape index (κ3) is 6.26. The molecule has 0 amide bonds. The van der Waals surface area contributed by atoms with Crippen LogP contribution in [0.1, 0.15) is 0 Å². The van der Waals surface area contributed by atoms with E-state index in [2.05, 4.69) is 158 Å². The maximum atomic E-state index is 6.48. The number of benzene rings is 8. The van der Waals surface area contributed by atoms with Crippen LogP contribution < -0.4 is 0 Å². The molecule has 0 atom stereocenters. The summed E-state index contributed by atoms with van der Waals surface area (Å²) in [4.78, 5) is 15.5. The molecule has 4 nitrogen and oxygen atoms in total. The molecule has 0 N–H and O–H groups in total. The van der Waals surface area contributed by atoms with Crippen LogP contribution in [-0.2, 0) is 0 Å². The summed E-state index contributed by atoms with van der Waals surface area (Å²) in [5.41, 5.74) is 13.3. The Balaban J connectivity index is 1.12. The molecule has 0 radical (unpaired) electrons. The maximum absolute atomic E-state index is 6.48. The Hall–Kier alpha value is -7.43. The molecule has 258 valence electrons. The molecule has 4 heteroatoms. The molecule has 8 aromatic carbocycles. The number of furan rings is 1. The van der Waals surface area contributed by atoms with Gasteiger partial charge in [-0.1, -0.05) is 164 Å². The van der Waals surface area contributed by atoms with Crippen molar-refractivity contribution in [2.75, 3.05) is 0 Å². The van der Waals surface area contributed by atoms with Gasteiger partial charge in [0.1, 0.15) is 11.2 Å². The summed E-state index contributed by atoms with van der Waals surface area (Å²) in [6.45, 7) is 0. The van der Waals surface area contributed by atoms with E-state index in [1.54, 1.807) is 0 Å². The normalized spacial score (nSPS) is 11.3. The van der Waals surface area contributed by atoms with Crippen LogP contribution in [0.5, 0.6) is 0 Å². The van der Waals surface area contributed by atoms with Crippen LogP contribution in [0, 0.1) is 0 Å². The average Bonchev–Trinajstić information content (AvgIpc) is 3.66. The van der Waals surface area contributed by atoms with Crippen LogP contribution in [0.15, 0.2) is 205 Å². The SMILES string of the molecule is c1ccc(-c2cccc(-c3cccc(-c4nc(-c5cccc(-c6cccc(-c7ccccc7)c6)c5)nc(-c5cccc6c5oc5ccccc56)n4)c3)c2)cc1. The van der Waals surface area contributed by atoms with Gasteiger partial charge in [0.2, 0.25) is 0 Å². The zero-order valence-corrected chi connectivity index (χ0v) is 29.8. The zero-order chi connectivity index (χ0) is 36.6. The molecule has 0 bridgehead atoms. The lowest BCUT2D eigenvalue weighted by molar-refractivity contribution is 0.669. The van der Waals surface area contributed by atoms with Crippen LogP contribution in [0.2, 0.25) is 0 Å². The summed E-state index contributed by atoms with van der Waals surface area (Å²) in [5.74, 6) is 1.73. The average molecular weight is 704 g/mol. The minimum atomic E-state index is 0.553. The summed E-state index contributed by atoms with van der Waals surface area (Å²) in [6, 6.07) is 69.4. The zero-order valence-electron chi connectivity index (χ0n) is 29.8. The first kappa shape index (κ1) is 32.2. The van der Waals surface area contributed by atoms with Crippen molar-refractivity contribution in [3.05, 3.63) is 200 Å². The lowest BCUT2D eigenvalue weighted by atomic mass is 9.97. The predicted molar refractivity (Wildman–Crippen MR) is 225 cm³/mol. The minimum Gasteiger partial charge on any atom is -0.455 e. The van der Waals surface area contributed by atoms with E-state index >= 15 is 0 Å². The van der Waals surface area contributed by atoms with Crippen LogP contribution in [-0.4, -0.2) is 15.0 Å². The van der Waals surface area contributed by atoms with Gasteiger partial charge in [-0.05, 0) is 80.9 Å². The second kappa shape index (κ2) is 13.8. The van der Waals surface area contributed by atoms with E-state index in [0.29, 0.717) is 17.5 Å². The fraction of sp³-hybridized carbons (Fsp3) is 0. The molecule has 2 heterocycles. The second-order valence-corrected chi connectivity index (χ2v) is 13.6. The second-order valence-electron chi connectivity index (χ2n) is 13.6. The Labute approximate surface area is 319 Å². The van der Waals surface area contributed by atoms with E-state index in [9.17, 15) is 0 Å². The van der Waals surface area contributed by atoms with Crippen molar-refractivity contribution in [3.8, 4) is 78.7 Å². The maximum Gasteiger partial charge on any atom is 0.167 e. The van der Waals surface area contributed by atoms with Crippen molar-refractivity contribution in [2.45, 2.75) is 0 Å². The van der Waals surface area contributed by atoms with Gasteiger partial charge in [-0.2, -0.15) is 0 Å². The number of para-hydroxylation sites is 2. The van der Waals surface area contributed by atoms with Gasteiger partial charge in [0, 0.05) is 21.9 Å². The summed E-state index contributed by atoms with van der Waals surface area (Å²) in [6.07, 6.45) is 0. The number of hydrogen-bond donors (Lipinski definition) is 0. The highest BCUT2D eigenvalue weighted by atomic mass is 16.3. The minimum absolute atomic E-state index is 0.553. The summed E-state index contributed by atoms with van der Waals surface area (Å²) >= 11 is 0. The molecule has 0 fully saturated rings. The highest BCUT2D eigenvalue weighted by molar-refractivity contribution is 6.09. The molecular formula is C51H33N3O. The molecular weight excluding hydrogens is 671 g/mol. The Bertz CT molecular complexity index is 2840. The van der Waals surface area contributed by atoms with Gasteiger partial charge >= 0.3 is 0 Å². The van der Waals surface area contributed by atoms with Crippen molar-refractivity contribution in [3.63, 3.8) is 0 Å². The van der Waals surface area contributed by atoms with E-state index in [0.717, 1.165) is 60.9 Å². The van der Waals surface area contributed by atoms with E-state index in [1.165, 1.54) is 22.3 Å². The first-order valence-electron chi connectivity index (χ1n) is 18.4. The van der Waals surface area contributed by atoms with Crippen molar-refractivity contribution < 1.29 is 4.42 Å². The lowest BCUT2D eigenvalue weighted by Crippen LogP contribution is -2.00. The first-order chi connectivity index (χ1) is 27.2. The van der Waals surface area contributed by atoms with Crippen LogP contribution >= 0.6 is 0 Å². The highest BCUT2D eigenvalue weighted by Gasteiger charge is 2.18. The molecule has 0 spiro atoms. The predicted octanol–water partition coefficient (Wildman–Crippen LogP) is 13.4. The number of hydrogen-bond acceptors (Lipinski definition) is 4. The Morgan fingerprint density at radius 1 is 0.273 bits per heavy atom. The molecule has 2 aromatic heterocycles. The third-order valence-electron chi connectivity index (χ3n) is 10.1. The number of fused-ring (bicyclic) bond motifs is 3. The quantitative estimate of drug-likeness (QED) is 0.166. The lowest BCUT2D eigenvalue weighted by Gasteiger charge is -2.11. The van der Waals surface area contributed by atoms with Crippen LogP contribution in [0.3, 0.4) is 0 Å². The molecule has 0 aliphatic rings. The summed E-state index contributed by atoms with van der Waals surface area (Å²) in [5, 5.41) is 2.09. The highest BCUT2D eigenvalue weighted by Crippen LogP contribution is 2.37. The molecule has 10 rings (SSSR count). The fourth-order valence-electron chi connectivity index (χ4n) is 7.37. The van der Waals surface area contributed by atoms with Crippen LogP contribution in [0.25, 0.3) is 101 Å². The topological polar surface area (TPSA) is 51.8 Å². The fourth-order valence-corrected chi connectivity index (χ4v) is 7.37. The molecule has 55 heavy (non-hydrogen) atoms. The third-order valence-corrected chi connectivity index (χ3v) is 10.1. The van der Waals surface area contributed by atoms with Gasteiger partial charge in [0.15, 0.2) is 17.5 Å². The smallest absolute Gasteiger partial charge is 0.167 e. The van der Waals surface area contributed by atoms with Crippen molar-refractivity contribution in [1.29, 1.82) is 0 Å². The first-order valence-corrected chi connectivity index (χ1v) is 18.4. The van der Waals surface area contributed by atoms with E-state index in [1.807, 2.05) is 42.5 Å². The van der Waals surface area contributed by atoms with Gasteiger partial charge in [-0.15, -0.1) is 0 Å². The number of rotatable bonds is 7. The molecule has 0 unspecified atom stereocenters. The molecule has 0 saturated carbocycles. The Kier molecular flexibility index (Phi) is 8.12. The van der Waals surface area contributed by atoms with Gasteiger partial charge in [-0.25, -0.2) is 15.0 Å². The number of nitrogens with zero attached hydrogens (tertiary/aromatic N) is 3.